The number of carboxylic acids is 2. The number of unbranched alkanes of at least 4 members (excludes halogenated alkanes) is 1. The summed E-state index contributed by atoms with van der Waals surface area (Å²) in [7, 11) is 0. The molecule has 212 valence electrons. The first-order chi connectivity index (χ1) is 18.6. The minimum absolute atomic E-state index is 0.0385. The monoisotopic (exact) mass is 545 g/mol. The van der Waals surface area contributed by atoms with E-state index in [0.29, 0.717) is 30.6 Å². The summed E-state index contributed by atoms with van der Waals surface area (Å²) in [6, 6.07) is 3.78. The summed E-state index contributed by atoms with van der Waals surface area (Å²) in [6.07, 6.45) is 3.35. The molecule has 0 spiro atoms. The molecule has 14 heteroatoms. The van der Waals surface area contributed by atoms with Crippen molar-refractivity contribution in [1.29, 1.82) is 0 Å². The van der Waals surface area contributed by atoms with Crippen LogP contribution in [0.4, 0.5) is 0 Å². The standard InChI is InChI=1S/C25H35N7O7/c26-9-5-4-8-18(30-22(35)17(27)12-21(33)34)23(36)31-19(10-15-6-2-1-3-7-15)24(37)32-20(25(38)39)11-16-13-28-14-29-16/h1-3,6-7,13-14,17-20H,4-5,8-12,26-27H2,(H,28,29)(H,30,35)(H,31,36)(H,32,37)(H,33,34)(H,38,39). The third kappa shape index (κ3) is 10.9. The Bertz CT molecular complexity index is 1100. The number of aromatic amines is 1. The maximum Gasteiger partial charge on any atom is 0.326 e. The van der Waals surface area contributed by atoms with Gasteiger partial charge in [0.05, 0.1) is 18.8 Å². The van der Waals surface area contributed by atoms with Crippen LogP contribution >= 0.6 is 0 Å². The van der Waals surface area contributed by atoms with E-state index in [9.17, 15) is 29.1 Å². The fourth-order valence-electron chi connectivity index (χ4n) is 3.74. The molecule has 1 aromatic carbocycles. The second kappa shape index (κ2) is 15.8. The molecule has 14 nitrogen and oxygen atoms in total. The number of hydrogen-bond acceptors (Lipinski definition) is 8. The summed E-state index contributed by atoms with van der Waals surface area (Å²) in [6.45, 7) is 0.354. The maximum atomic E-state index is 13.3. The number of aromatic nitrogens is 2. The van der Waals surface area contributed by atoms with E-state index >= 15 is 0 Å². The molecule has 39 heavy (non-hydrogen) atoms. The molecule has 1 heterocycles. The number of nitrogens with zero attached hydrogens (tertiary/aromatic N) is 1. The van der Waals surface area contributed by atoms with Crippen LogP contribution in [-0.4, -0.2) is 80.6 Å². The Balaban J connectivity index is 2.22. The SMILES string of the molecule is NCCCCC(NC(=O)C(N)CC(=O)O)C(=O)NC(Cc1ccccc1)C(=O)NC(Cc1cnc[nH]1)C(=O)O. The molecule has 4 unspecified atom stereocenters. The van der Waals surface area contributed by atoms with Crippen molar-refractivity contribution in [3.8, 4) is 0 Å². The van der Waals surface area contributed by atoms with Crippen molar-refractivity contribution in [3.63, 3.8) is 0 Å². The Kier molecular flexibility index (Phi) is 12.6. The van der Waals surface area contributed by atoms with Gasteiger partial charge in [0.1, 0.15) is 18.1 Å². The highest BCUT2D eigenvalue weighted by molar-refractivity contribution is 5.94. The third-order valence-corrected chi connectivity index (χ3v) is 5.82. The molecule has 0 radical (unpaired) electrons. The summed E-state index contributed by atoms with van der Waals surface area (Å²) < 4.78 is 0. The van der Waals surface area contributed by atoms with Crippen molar-refractivity contribution >= 4 is 29.7 Å². The summed E-state index contributed by atoms with van der Waals surface area (Å²) in [5.74, 6) is -4.83. The van der Waals surface area contributed by atoms with Gasteiger partial charge in [0.2, 0.25) is 17.7 Å². The molecule has 1 aromatic heterocycles. The van der Waals surface area contributed by atoms with Gasteiger partial charge in [-0.15, -0.1) is 0 Å². The van der Waals surface area contributed by atoms with Crippen molar-refractivity contribution in [1.82, 2.24) is 25.9 Å². The quantitative estimate of drug-likeness (QED) is 0.109. The van der Waals surface area contributed by atoms with Gasteiger partial charge in [-0.25, -0.2) is 9.78 Å². The van der Waals surface area contributed by atoms with E-state index in [1.165, 1.54) is 12.5 Å². The van der Waals surface area contributed by atoms with Gasteiger partial charge in [-0.1, -0.05) is 30.3 Å². The molecule has 2 aromatic rings. The lowest BCUT2D eigenvalue weighted by atomic mass is 10.0. The van der Waals surface area contributed by atoms with Crippen LogP contribution in [0.1, 0.15) is 36.9 Å². The number of benzene rings is 1. The van der Waals surface area contributed by atoms with E-state index in [1.54, 1.807) is 30.3 Å². The van der Waals surface area contributed by atoms with E-state index in [2.05, 4.69) is 25.9 Å². The van der Waals surface area contributed by atoms with Crippen LogP contribution in [0.15, 0.2) is 42.9 Å². The molecule has 0 fully saturated rings. The normalized spacial score (nSPS) is 13.9. The van der Waals surface area contributed by atoms with E-state index in [4.69, 9.17) is 16.6 Å². The number of rotatable bonds is 17. The van der Waals surface area contributed by atoms with Crippen molar-refractivity contribution in [2.75, 3.05) is 6.54 Å². The number of carboxylic acid groups (broad SMARTS) is 2. The van der Waals surface area contributed by atoms with Crippen LogP contribution in [0.5, 0.6) is 0 Å². The molecule has 3 amide bonds. The summed E-state index contributed by atoms with van der Waals surface area (Å²) in [5.41, 5.74) is 12.4. The molecular weight excluding hydrogens is 510 g/mol. The number of nitrogens with one attached hydrogen (secondary N) is 4. The zero-order valence-electron chi connectivity index (χ0n) is 21.3. The fraction of sp³-hybridized carbons (Fsp3) is 0.440. The zero-order valence-corrected chi connectivity index (χ0v) is 21.3. The molecule has 10 N–H and O–H groups in total. The van der Waals surface area contributed by atoms with Gasteiger partial charge >= 0.3 is 11.9 Å². The molecule has 4 atom stereocenters. The molecule has 0 saturated carbocycles. The number of amides is 3. The number of hydrogen-bond donors (Lipinski definition) is 8. The van der Waals surface area contributed by atoms with Gasteiger partial charge in [0, 0.05) is 24.7 Å². The first-order valence-electron chi connectivity index (χ1n) is 12.4. The average Bonchev–Trinajstić information content (AvgIpc) is 3.40. The Morgan fingerprint density at radius 3 is 2.10 bits per heavy atom. The van der Waals surface area contributed by atoms with Crippen molar-refractivity contribution in [2.24, 2.45) is 11.5 Å². The van der Waals surface area contributed by atoms with Crippen molar-refractivity contribution in [2.45, 2.75) is 62.7 Å². The van der Waals surface area contributed by atoms with Gasteiger partial charge in [0.15, 0.2) is 0 Å². The van der Waals surface area contributed by atoms with Crippen LogP contribution in [0.25, 0.3) is 0 Å². The summed E-state index contributed by atoms with van der Waals surface area (Å²) >= 11 is 0. The Morgan fingerprint density at radius 2 is 1.51 bits per heavy atom. The highest BCUT2D eigenvalue weighted by atomic mass is 16.4. The first kappa shape index (κ1) is 30.9. The lowest BCUT2D eigenvalue weighted by Crippen LogP contribution is -2.58. The predicted molar refractivity (Wildman–Crippen MR) is 139 cm³/mol. The van der Waals surface area contributed by atoms with E-state index in [-0.39, 0.29) is 19.3 Å². The van der Waals surface area contributed by atoms with Gasteiger partial charge in [-0.3, -0.25) is 19.2 Å². The summed E-state index contributed by atoms with van der Waals surface area (Å²) in [4.78, 5) is 68.4. The topological polar surface area (TPSA) is 243 Å². The number of carbonyl (C=O) groups is 5. The first-order valence-corrected chi connectivity index (χ1v) is 12.4. The predicted octanol–water partition coefficient (Wildman–Crippen LogP) is -1.34. The molecule has 0 aliphatic heterocycles. The molecule has 0 aliphatic rings. The largest absolute Gasteiger partial charge is 0.481 e. The van der Waals surface area contributed by atoms with Gasteiger partial charge in [-0.2, -0.15) is 0 Å². The smallest absolute Gasteiger partial charge is 0.326 e. The molecule has 0 aliphatic carbocycles. The Labute approximate surface area is 224 Å². The van der Waals surface area contributed by atoms with Crippen LogP contribution in [0.3, 0.4) is 0 Å². The number of imidazole rings is 1. The van der Waals surface area contributed by atoms with Crippen LogP contribution in [-0.2, 0) is 36.8 Å². The highest BCUT2D eigenvalue weighted by Crippen LogP contribution is 2.08. The zero-order chi connectivity index (χ0) is 28.8. The number of nitrogens with two attached hydrogens (primary N) is 2. The summed E-state index contributed by atoms with van der Waals surface area (Å²) in [5, 5.41) is 26.1. The number of carbonyl (C=O) groups excluding carboxylic acids is 3. The van der Waals surface area contributed by atoms with E-state index < -0.39 is 60.2 Å². The van der Waals surface area contributed by atoms with E-state index in [0.717, 1.165) is 0 Å². The van der Waals surface area contributed by atoms with Gasteiger partial charge in [-0.05, 0) is 31.4 Å². The second-order valence-electron chi connectivity index (χ2n) is 8.98. The van der Waals surface area contributed by atoms with Gasteiger partial charge < -0.3 is 42.6 Å². The highest BCUT2D eigenvalue weighted by Gasteiger charge is 2.31. The number of H-pyrrole nitrogens is 1. The maximum absolute atomic E-state index is 13.3. The third-order valence-electron chi connectivity index (χ3n) is 5.82. The van der Waals surface area contributed by atoms with Gasteiger partial charge in [0.25, 0.3) is 0 Å². The molecule has 0 saturated heterocycles. The fourth-order valence-corrected chi connectivity index (χ4v) is 3.74. The van der Waals surface area contributed by atoms with Crippen LogP contribution in [0.2, 0.25) is 0 Å². The van der Waals surface area contributed by atoms with Crippen LogP contribution in [0, 0.1) is 0 Å². The van der Waals surface area contributed by atoms with Crippen LogP contribution < -0.4 is 27.4 Å². The Morgan fingerprint density at radius 1 is 0.872 bits per heavy atom. The Hall–Kier alpha value is -4.30. The van der Waals surface area contributed by atoms with Crippen molar-refractivity contribution < 1.29 is 34.2 Å². The lowest BCUT2D eigenvalue weighted by Gasteiger charge is -2.25. The molecule has 2 rings (SSSR count). The second-order valence-corrected chi connectivity index (χ2v) is 8.98. The van der Waals surface area contributed by atoms with E-state index in [1.807, 2.05) is 0 Å². The minimum atomic E-state index is -1.38. The molecular formula is C25H35N7O7. The van der Waals surface area contributed by atoms with Crippen molar-refractivity contribution in [3.05, 3.63) is 54.1 Å². The molecule has 0 bridgehead atoms. The lowest BCUT2D eigenvalue weighted by molar-refractivity contribution is -0.142. The average molecular weight is 546 g/mol. The number of aliphatic carboxylic acids is 2. The minimum Gasteiger partial charge on any atom is -0.481 e.